The summed E-state index contributed by atoms with van der Waals surface area (Å²) in [4.78, 5) is 18.8. The van der Waals surface area contributed by atoms with Crippen LogP contribution in [-0.2, 0) is 4.79 Å². The predicted octanol–water partition coefficient (Wildman–Crippen LogP) is 6.01. The second-order valence-corrected chi connectivity index (χ2v) is 11.1. The molecule has 36 heavy (non-hydrogen) atoms. The molecule has 6 heteroatoms. The Hall–Kier alpha value is -2.18. The number of pyridine rings is 1. The maximum atomic E-state index is 11.7. The number of carbonyl (C=O) groups is 1. The van der Waals surface area contributed by atoms with Crippen molar-refractivity contribution >= 4 is 16.8 Å². The first-order valence-electron chi connectivity index (χ1n) is 14.0. The number of carbonyl (C=O) groups excluding carboxylic acids is 1. The first-order chi connectivity index (χ1) is 17.2. The highest BCUT2D eigenvalue weighted by Crippen LogP contribution is 2.35. The number of aromatic nitrogens is 1. The fraction of sp³-hybridized carbons (Fsp3) is 0.667. The van der Waals surface area contributed by atoms with Crippen molar-refractivity contribution in [3.8, 4) is 5.75 Å². The number of nitrogens with two attached hydrogens (primary N) is 1. The number of hydrogen-bond acceptors (Lipinski definition) is 5. The molecular formula is C30H47N3O3. The molecular weight excluding hydrogens is 450 g/mol. The van der Waals surface area contributed by atoms with Gasteiger partial charge in [0.1, 0.15) is 5.75 Å². The van der Waals surface area contributed by atoms with Crippen LogP contribution in [0.4, 0.5) is 0 Å². The Morgan fingerprint density at radius 1 is 1.19 bits per heavy atom. The molecule has 1 aliphatic rings. The van der Waals surface area contributed by atoms with Gasteiger partial charge >= 0.3 is 0 Å². The Labute approximate surface area is 217 Å². The second kappa shape index (κ2) is 13.4. The van der Waals surface area contributed by atoms with Crippen LogP contribution in [0.2, 0.25) is 0 Å². The molecule has 0 unspecified atom stereocenters. The predicted molar refractivity (Wildman–Crippen MR) is 147 cm³/mol. The van der Waals surface area contributed by atoms with Gasteiger partial charge in [-0.1, -0.05) is 46.0 Å². The molecule has 2 heterocycles. The lowest BCUT2D eigenvalue weighted by Gasteiger charge is -2.39. The van der Waals surface area contributed by atoms with Crippen LogP contribution < -0.4 is 10.5 Å². The van der Waals surface area contributed by atoms with E-state index in [9.17, 15) is 9.90 Å². The van der Waals surface area contributed by atoms with Crippen molar-refractivity contribution in [3.05, 3.63) is 36.0 Å². The van der Waals surface area contributed by atoms with Crippen molar-refractivity contribution in [2.24, 2.45) is 17.6 Å². The lowest BCUT2D eigenvalue weighted by molar-refractivity contribution is -0.130. The number of aliphatic hydroxyl groups excluding tert-OH is 1. The van der Waals surface area contributed by atoms with Crippen LogP contribution in [0, 0.1) is 11.8 Å². The Morgan fingerprint density at radius 2 is 1.97 bits per heavy atom. The normalized spacial score (nSPS) is 19.9. The fourth-order valence-electron chi connectivity index (χ4n) is 5.51. The van der Waals surface area contributed by atoms with Crippen LogP contribution in [0.25, 0.3) is 10.9 Å². The summed E-state index contributed by atoms with van der Waals surface area (Å²) in [6.45, 7) is 11.5. The monoisotopic (exact) mass is 497 g/mol. The van der Waals surface area contributed by atoms with Crippen LogP contribution in [0.5, 0.6) is 5.75 Å². The summed E-state index contributed by atoms with van der Waals surface area (Å²) in [6.07, 6.45) is 12.0. The molecule has 1 aliphatic heterocycles. The van der Waals surface area contributed by atoms with Crippen molar-refractivity contribution < 1.29 is 14.6 Å². The van der Waals surface area contributed by atoms with Crippen LogP contribution in [0.1, 0.15) is 97.1 Å². The third kappa shape index (κ3) is 7.66. The number of aliphatic hydroxyl groups is 1. The van der Waals surface area contributed by atoms with Crippen LogP contribution in [0.15, 0.2) is 30.5 Å². The SMILES string of the molecule is CCCCCCCN1CC[C@@H](CC[C@@H](O)c2ccnc3ccc(OC(C)(C)C(N)=O)cc23)[C@@H](CC)C1. The van der Waals surface area contributed by atoms with Gasteiger partial charge in [0.25, 0.3) is 5.91 Å². The molecule has 3 rings (SSSR count). The molecule has 1 saturated heterocycles. The summed E-state index contributed by atoms with van der Waals surface area (Å²) in [6, 6.07) is 7.41. The van der Waals surface area contributed by atoms with Gasteiger partial charge < -0.3 is 20.5 Å². The van der Waals surface area contributed by atoms with Crippen LogP contribution >= 0.6 is 0 Å². The Bertz CT molecular complexity index is 977. The standard InChI is InChI=1S/C30H47N3O3/c1-5-7-8-9-10-18-33-19-16-23(22(6-2)21-33)11-14-28(34)25-15-17-32-27-13-12-24(20-26(25)27)36-30(3,4)29(31)35/h12-13,15,17,20,22-23,28,34H,5-11,14,16,18-19,21H2,1-4H3,(H2,31,35)/t22-,23+,28+/m0/s1. The molecule has 3 N–H and O–H groups in total. The Kier molecular flexibility index (Phi) is 10.6. The summed E-state index contributed by atoms with van der Waals surface area (Å²) >= 11 is 0. The number of hydrogen-bond donors (Lipinski definition) is 2. The van der Waals surface area contributed by atoms with Gasteiger partial charge in [0.2, 0.25) is 0 Å². The molecule has 200 valence electrons. The van der Waals surface area contributed by atoms with Crippen molar-refractivity contribution in [3.63, 3.8) is 0 Å². The summed E-state index contributed by atoms with van der Waals surface area (Å²) in [5.41, 5.74) is 6.02. The third-order valence-corrected chi connectivity index (χ3v) is 7.96. The molecule has 0 spiro atoms. The van der Waals surface area contributed by atoms with E-state index in [0.717, 1.165) is 29.3 Å². The molecule has 1 amide bonds. The molecule has 0 radical (unpaired) electrons. The largest absolute Gasteiger partial charge is 0.478 e. The molecule has 6 nitrogen and oxygen atoms in total. The zero-order valence-corrected chi connectivity index (χ0v) is 22.8. The second-order valence-electron chi connectivity index (χ2n) is 11.1. The van der Waals surface area contributed by atoms with E-state index < -0.39 is 17.6 Å². The van der Waals surface area contributed by atoms with E-state index in [1.807, 2.05) is 18.2 Å². The van der Waals surface area contributed by atoms with Crippen LogP contribution in [-0.4, -0.2) is 46.1 Å². The molecule has 1 aromatic carbocycles. The first kappa shape index (κ1) is 28.4. The number of ether oxygens (including phenoxy) is 1. The summed E-state index contributed by atoms with van der Waals surface area (Å²) in [7, 11) is 0. The minimum atomic E-state index is -1.12. The molecule has 0 aliphatic carbocycles. The number of rotatable bonds is 14. The zero-order valence-electron chi connectivity index (χ0n) is 22.8. The maximum Gasteiger partial charge on any atom is 0.261 e. The van der Waals surface area contributed by atoms with E-state index >= 15 is 0 Å². The average Bonchev–Trinajstić information content (AvgIpc) is 2.86. The summed E-state index contributed by atoms with van der Waals surface area (Å²) in [5, 5.41) is 12.1. The topological polar surface area (TPSA) is 88.7 Å². The van der Waals surface area contributed by atoms with Crippen molar-refractivity contribution in [1.29, 1.82) is 0 Å². The highest BCUT2D eigenvalue weighted by Gasteiger charge is 2.29. The van der Waals surface area contributed by atoms with Gasteiger partial charge in [-0.2, -0.15) is 0 Å². The minimum Gasteiger partial charge on any atom is -0.478 e. The smallest absolute Gasteiger partial charge is 0.261 e. The number of likely N-dealkylation sites (tertiary alicyclic amines) is 1. The average molecular weight is 498 g/mol. The van der Waals surface area contributed by atoms with Gasteiger partial charge in [-0.25, -0.2) is 0 Å². The van der Waals surface area contributed by atoms with Gasteiger partial charge in [-0.15, -0.1) is 0 Å². The number of amides is 1. The van der Waals surface area contributed by atoms with Crippen molar-refractivity contribution in [2.45, 2.75) is 97.2 Å². The van der Waals surface area contributed by atoms with E-state index in [0.29, 0.717) is 17.6 Å². The minimum absolute atomic E-state index is 0.526. The fourth-order valence-corrected chi connectivity index (χ4v) is 5.51. The van der Waals surface area contributed by atoms with E-state index in [4.69, 9.17) is 10.5 Å². The maximum absolute atomic E-state index is 11.7. The van der Waals surface area contributed by atoms with E-state index in [2.05, 4.69) is 23.7 Å². The molecule has 2 aromatic rings. The van der Waals surface area contributed by atoms with Crippen molar-refractivity contribution in [2.75, 3.05) is 19.6 Å². The lowest BCUT2D eigenvalue weighted by atomic mass is 9.80. The van der Waals surface area contributed by atoms with E-state index in [1.54, 1.807) is 26.1 Å². The van der Waals surface area contributed by atoms with Gasteiger partial charge in [-0.3, -0.25) is 9.78 Å². The number of unbranched alkanes of at least 4 members (excludes halogenated alkanes) is 4. The molecule has 0 bridgehead atoms. The molecule has 3 atom stereocenters. The number of nitrogens with zero attached hydrogens (tertiary/aromatic N) is 2. The van der Waals surface area contributed by atoms with Gasteiger partial charge in [0.15, 0.2) is 5.60 Å². The molecule has 1 aromatic heterocycles. The zero-order chi connectivity index (χ0) is 26.1. The Balaban J connectivity index is 1.60. The lowest BCUT2D eigenvalue weighted by Crippen LogP contribution is -2.43. The van der Waals surface area contributed by atoms with Gasteiger partial charge in [0, 0.05) is 18.1 Å². The summed E-state index contributed by atoms with van der Waals surface area (Å²) < 4.78 is 5.86. The van der Waals surface area contributed by atoms with Gasteiger partial charge in [-0.05, 0) is 94.3 Å². The van der Waals surface area contributed by atoms with Crippen molar-refractivity contribution in [1.82, 2.24) is 9.88 Å². The summed E-state index contributed by atoms with van der Waals surface area (Å²) in [5.74, 6) is 1.37. The number of piperidine rings is 1. The number of primary amides is 1. The van der Waals surface area contributed by atoms with E-state index in [1.165, 1.54) is 64.6 Å². The molecule has 0 saturated carbocycles. The quantitative estimate of drug-likeness (QED) is 0.312. The number of benzene rings is 1. The first-order valence-corrected chi connectivity index (χ1v) is 14.0. The van der Waals surface area contributed by atoms with Gasteiger partial charge in [0.05, 0.1) is 11.6 Å². The molecule has 1 fully saturated rings. The van der Waals surface area contributed by atoms with E-state index in [-0.39, 0.29) is 0 Å². The highest BCUT2D eigenvalue weighted by molar-refractivity contribution is 5.85. The Morgan fingerprint density at radius 3 is 2.69 bits per heavy atom. The number of fused-ring (bicyclic) bond motifs is 1. The third-order valence-electron chi connectivity index (χ3n) is 7.96. The van der Waals surface area contributed by atoms with Crippen LogP contribution in [0.3, 0.4) is 0 Å². The highest BCUT2D eigenvalue weighted by atomic mass is 16.5.